The molecule has 0 unspecified atom stereocenters. The van der Waals surface area contributed by atoms with Crippen LogP contribution in [-0.4, -0.2) is 22.5 Å². The normalized spacial score (nSPS) is 11.3. The van der Waals surface area contributed by atoms with Crippen molar-refractivity contribution in [2.24, 2.45) is 0 Å². The van der Waals surface area contributed by atoms with Crippen LogP contribution >= 0.6 is 11.8 Å². The number of rotatable bonds is 5. The second kappa shape index (κ2) is 5.40. The van der Waals surface area contributed by atoms with Crippen molar-refractivity contribution in [3.8, 4) is 0 Å². The summed E-state index contributed by atoms with van der Waals surface area (Å²) in [6.07, 6.45) is 2.07. The zero-order chi connectivity index (χ0) is 13.1. The first-order valence-electron chi connectivity index (χ1n) is 5.40. The van der Waals surface area contributed by atoms with E-state index in [1.807, 2.05) is 6.07 Å². The van der Waals surface area contributed by atoms with Crippen LogP contribution in [0.5, 0.6) is 0 Å². The van der Waals surface area contributed by atoms with Crippen molar-refractivity contribution in [3.05, 3.63) is 33.9 Å². The molecule has 1 rings (SSSR count). The summed E-state index contributed by atoms with van der Waals surface area (Å²) in [6, 6.07) is 5.11. The van der Waals surface area contributed by atoms with Crippen LogP contribution in [-0.2, 0) is 0 Å². The monoisotopic (exact) mass is 254 g/mol. The van der Waals surface area contributed by atoms with Gasteiger partial charge in [-0.25, -0.2) is 0 Å². The number of thioether (sulfide) groups is 1. The van der Waals surface area contributed by atoms with E-state index in [1.165, 1.54) is 0 Å². The van der Waals surface area contributed by atoms with Crippen LogP contribution in [0, 0.1) is 17.0 Å². The Hall–Kier alpha value is -1.23. The smallest absolute Gasteiger partial charge is 0.272 e. The Morgan fingerprint density at radius 1 is 1.47 bits per heavy atom. The van der Waals surface area contributed by atoms with E-state index in [0.29, 0.717) is 5.56 Å². The van der Waals surface area contributed by atoms with Gasteiger partial charge in [0.2, 0.25) is 0 Å². The highest BCUT2D eigenvalue weighted by molar-refractivity contribution is 7.99. The van der Waals surface area contributed by atoms with Crippen LogP contribution in [0.1, 0.15) is 19.4 Å². The molecule has 0 fully saturated rings. The molecule has 0 atom stereocenters. The van der Waals surface area contributed by atoms with E-state index in [1.54, 1.807) is 30.8 Å². The minimum absolute atomic E-state index is 0.148. The number of nitrogens with zero attached hydrogens (tertiary/aromatic N) is 1. The lowest BCUT2D eigenvalue weighted by Gasteiger charge is -2.23. The van der Waals surface area contributed by atoms with Gasteiger partial charge in [0.05, 0.1) is 4.92 Å². The minimum atomic E-state index is -0.356. The van der Waals surface area contributed by atoms with Crippen LogP contribution < -0.4 is 5.32 Å². The van der Waals surface area contributed by atoms with Crippen LogP contribution in [0.2, 0.25) is 0 Å². The van der Waals surface area contributed by atoms with Crippen molar-refractivity contribution in [3.63, 3.8) is 0 Å². The molecule has 94 valence electrons. The molecule has 17 heavy (non-hydrogen) atoms. The molecule has 4 nitrogen and oxygen atoms in total. The van der Waals surface area contributed by atoms with Gasteiger partial charge >= 0.3 is 0 Å². The molecule has 1 aromatic rings. The highest BCUT2D eigenvalue weighted by Gasteiger charge is 2.16. The second-order valence-corrected chi connectivity index (χ2v) is 6.09. The van der Waals surface area contributed by atoms with Crippen molar-refractivity contribution in [1.29, 1.82) is 0 Å². The van der Waals surface area contributed by atoms with Gasteiger partial charge in [0.1, 0.15) is 0 Å². The van der Waals surface area contributed by atoms with E-state index in [-0.39, 0.29) is 15.4 Å². The quantitative estimate of drug-likeness (QED) is 0.646. The lowest BCUT2D eigenvalue weighted by molar-refractivity contribution is -0.385. The van der Waals surface area contributed by atoms with Crippen LogP contribution in [0.3, 0.4) is 0 Å². The molecule has 0 heterocycles. The third kappa shape index (κ3) is 3.93. The maximum absolute atomic E-state index is 10.7. The first-order valence-corrected chi connectivity index (χ1v) is 6.62. The number of benzene rings is 1. The Bertz CT molecular complexity index is 419. The Balaban J connectivity index is 2.75. The summed E-state index contributed by atoms with van der Waals surface area (Å²) in [7, 11) is 0. The Labute approximate surface area is 106 Å². The molecule has 0 aromatic heterocycles. The number of anilines is 1. The van der Waals surface area contributed by atoms with E-state index in [9.17, 15) is 10.1 Å². The summed E-state index contributed by atoms with van der Waals surface area (Å²) >= 11 is 1.79. The maximum Gasteiger partial charge on any atom is 0.272 e. The first-order chi connectivity index (χ1) is 7.85. The van der Waals surface area contributed by atoms with Crippen molar-refractivity contribution in [1.82, 2.24) is 0 Å². The maximum atomic E-state index is 10.7. The van der Waals surface area contributed by atoms with Gasteiger partial charge in [-0.15, -0.1) is 0 Å². The molecule has 0 radical (unpaired) electrons. The zero-order valence-corrected chi connectivity index (χ0v) is 11.4. The SMILES string of the molecule is CSC(C)(C)CNc1ccc([N+](=O)[O-])c(C)c1. The molecule has 5 heteroatoms. The number of aryl methyl sites for hydroxylation is 1. The summed E-state index contributed by atoms with van der Waals surface area (Å²) in [6.45, 7) is 6.89. The fourth-order valence-corrected chi connectivity index (χ4v) is 1.57. The molecule has 0 saturated heterocycles. The summed E-state index contributed by atoms with van der Waals surface area (Å²) in [5.74, 6) is 0. The third-order valence-electron chi connectivity index (χ3n) is 2.66. The predicted octanol–water partition coefficient (Wildman–Crippen LogP) is 3.46. The van der Waals surface area contributed by atoms with Gasteiger partial charge in [-0.2, -0.15) is 11.8 Å². The molecule has 0 aliphatic carbocycles. The summed E-state index contributed by atoms with van der Waals surface area (Å²) in [5, 5.41) is 14.0. The van der Waals surface area contributed by atoms with Gasteiger partial charge in [0.25, 0.3) is 5.69 Å². The molecule has 1 N–H and O–H groups in total. The van der Waals surface area contributed by atoms with E-state index in [4.69, 9.17) is 0 Å². The van der Waals surface area contributed by atoms with Gasteiger partial charge < -0.3 is 5.32 Å². The van der Waals surface area contributed by atoms with Gasteiger partial charge in [-0.05, 0) is 39.2 Å². The van der Waals surface area contributed by atoms with Crippen molar-refractivity contribution >= 4 is 23.1 Å². The second-order valence-electron chi connectivity index (χ2n) is 4.58. The fraction of sp³-hybridized carbons (Fsp3) is 0.500. The number of hydrogen-bond donors (Lipinski definition) is 1. The summed E-state index contributed by atoms with van der Waals surface area (Å²) in [5.41, 5.74) is 1.77. The zero-order valence-electron chi connectivity index (χ0n) is 10.6. The minimum Gasteiger partial charge on any atom is -0.384 e. The third-order valence-corrected chi connectivity index (χ3v) is 3.91. The molecule has 0 spiro atoms. The molecule has 0 amide bonds. The largest absolute Gasteiger partial charge is 0.384 e. The van der Waals surface area contributed by atoms with Crippen molar-refractivity contribution in [2.45, 2.75) is 25.5 Å². The predicted molar refractivity (Wildman–Crippen MR) is 73.9 cm³/mol. The van der Waals surface area contributed by atoms with Gasteiger partial charge in [-0.3, -0.25) is 10.1 Å². The standard InChI is InChI=1S/C12H18N2O2S/c1-9-7-10(5-6-11(9)14(15)16)13-8-12(2,3)17-4/h5-7,13H,8H2,1-4H3. The molecular formula is C12H18N2O2S. The van der Waals surface area contributed by atoms with Crippen LogP contribution in [0.15, 0.2) is 18.2 Å². The Morgan fingerprint density at radius 3 is 2.59 bits per heavy atom. The van der Waals surface area contributed by atoms with Crippen LogP contribution in [0.25, 0.3) is 0 Å². The topological polar surface area (TPSA) is 55.2 Å². The number of nitro benzene ring substituents is 1. The van der Waals surface area contributed by atoms with E-state index >= 15 is 0 Å². The molecule has 0 bridgehead atoms. The molecule has 1 aromatic carbocycles. The number of nitro groups is 1. The molecule has 0 saturated carbocycles. The Kier molecular flexibility index (Phi) is 4.40. The van der Waals surface area contributed by atoms with Crippen molar-refractivity contribution in [2.75, 3.05) is 18.1 Å². The average Bonchev–Trinajstić information content (AvgIpc) is 2.26. The van der Waals surface area contributed by atoms with E-state index < -0.39 is 0 Å². The molecule has 0 aliphatic rings. The van der Waals surface area contributed by atoms with Gasteiger partial charge in [0, 0.05) is 28.6 Å². The number of nitrogens with one attached hydrogen (secondary N) is 1. The van der Waals surface area contributed by atoms with E-state index in [2.05, 4.69) is 25.4 Å². The molecule has 0 aliphatic heterocycles. The van der Waals surface area contributed by atoms with Gasteiger partial charge in [-0.1, -0.05) is 0 Å². The van der Waals surface area contributed by atoms with Crippen LogP contribution in [0.4, 0.5) is 11.4 Å². The van der Waals surface area contributed by atoms with Gasteiger partial charge in [0.15, 0.2) is 0 Å². The first kappa shape index (κ1) is 13.8. The lowest BCUT2D eigenvalue weighted by Crippen LogP contribution is -2.25. The van der Waals surface area contributed by atoms with E-state index in [0.717, 1.165) is 12.2 Å². The Morgan fingerprint density at radius 2 is 2.12 bits per heavy atom. The molecular weight excluding hydrogens is 236 g/mol. The lowest BCUT2D eigenvalue weighted by atomic mass is 10.1. The number of hydrogen-bond acceptors (Lipinski definition) is 4. The fourth-order valence-electron chi connectivity index (χ4n) is 1.36. The van der Waals surface area contributed by atoms with Crippen molar-refractivity contribution < 1.29 is 4.92 Å². The summed E-state index contributed by atoms with van der Waals surface area (Å²) in [4.78, 5) is 10.3. The average molecular weight is 254 g/mol. The highest BCUT2D eigenvalue weighted by atomic mass is 32.2. The highest BCUT2D eigenvalue weighted by Crippen LogP contribution is 2.24. The summed E-state index contributed by atoms with van der Waals surface area (Å²) < 4.78 is 0.148.